The second kappa shape index (κ2) is 7.78. The summed E-state index contributed by atoms with van der Waals surface area (Å²) in [5.74, 6) is 0.540. The number of alkyl halides is 1. The molecule has 0 saturated carbocycles. The predicted octanol–water partition coefficient (Wildman–Crippen LogP) is 3.85. The standard InChI is InChI=1S/C12H14Cl3NO.ClH/c13-6-10-8-16(3-4-17-10)7-9-1-2-11(14)12(15)5-9;/h1-2,5,10H,3-4,6-8H2;1H/t10-;/m0./s1. The van der Waals surface area contributed by atoms with Crippen molar-refractivity contribution in [1.29, 1.82) is 0 Å². The smallest absolute Gasteiger partial charge is 0.0837 e. The summed E-state index contributed by atoms with van der Waals surface area (Å²) in [6.07, 6.45) is 0.133. The quantitative estimate of drug-likeness (QED) is 0.780. The van der Waals surface area contributed by atoms with Crippen molar-refractivity contribution in [2.75, 3.05) is 25.6 Å². The molecule has 0 spiro atoms. The van der Waals surface area contributed by atoms with Crippen LogP contribution < -0.4 is 0 Å². The SMILES string of the molecule is Cl.ClC[C@H]1CN(Cc2ccc(Cl)c(Cl)c2)CCO1. The van der Waals surface area contributed by atoms with Crippen molar-refractivity contribution >= 4 is 47.2 Å². The van der Waals surface area contributed by atoms with E-state index in [2.05, 4.69) is 4.90 Å². The maximum absolute atomic E-state index is 5.99. The normalized spacial score (nSPS) is 20.5. The lowest BCUT2D eigenvalue weighted by Crippen LogP contribution is -2.42. The Hall–Kier alpha value is 0.300. The molecule has 1 aliphatic rings. The van der Waals surface area contributed by atoms with Crippen LogP contribution in [0.15, 0.2) is 18.2 Å². The fourth-order valence-electron chi connectivity index (χ4n) is 1.91. The molecule has 1 saturated heterocycles. The zero-order chi connectivity index (χ0) is 12.3. The van der Waals surface area contributed by atoms with Crippen molar-refractivity contribution in [2.45, 2.75) is 12.6 Å². The van der Waals surface area contributed by atoms with Crippen LogP contribution in [0.4, 0.5) is 0 Å². The van der Waals surface area contributed by atoms with Crippen molar-refractivity contribution in [1.82, 2.24) is 4.90 Å². The van der Waals surface area contributed by atoms with Gasteiger partial charge in [-0.25, -0.2) is 0 Å². The van der Waals surface area contributed by atoms with E-state index in [-0.39, 0.29) is 18.5 Å². The minimum Gasteiger partial charge on any atom is -0.374 e. The summed E-state index contributed by atoms with van der Waals surface area (Å²) in [4.78, 5) is 2.32. The molecular weight excluding hydrogens is 316 g/mol. The molecule has 18 heavy (non-hydrogen) atoms. The third kappa shape index (κ3) is 4.44. The lowest BCUT2D eigenvalue weighted by molar-refractivity contribution is -0.0193. The van der Waals surface area contributed by atoms with Gasteiger partial charge in [0.2, 0.25) is 0 Å². The van der Waals surface area contributed by atoms with Gasteiger partial charge in [-0.3, -0.25) is 4.90 Å². The monoisotopic (exact) mass is 329 g/mol. The first-order valence-electron chi connectivity index (χ1n) is 5.53. The molecule has 1 heterocycles. The molecule has 0 bridgehead atoms. The Bertz CT molecular complexity index is 388. The summed E-state index contributed by atoms with van der Waals surface area (Å²) < 4.78 is 5.52. The van der Waals surface area contributed by atoms with Crippen LogP contribution in [0.1, 0.15) is 5.56 Å². The van der Waals surface area contributed by atoms with E-state index in [0.29, 0.717) is 15.9 Å². The van der Waals surface area contributed by atoms with Gasteiger partial charge < -0.3 is 4.74 Å². The van der Waals surface area contributed by atoms with Crippen LogP contribution in [0, 0.1) is 0 Å². The van der Waals surface area contributed by atoms with Crippen LogP contribution in [0.3, 0.4) is 0 Å². The Morgan fingerprint density at radius 1 is 1.28 bits per heavy atom. The first kappa shape index (κ1) is 16.4. The summed E-state index contributed by atoms with van der Waals surface area (Å²) in [5.41, 5.74) is 1.16. The summed E-state index contributed by atoms with van der Waals surface area (Å²) in [6, 6.07) is 5.74. The van der Waals surface area contributed by atoms with Crippen molar-refractivity contribution in [2.24, 2.45) is 0 Å². The van der Waals surface area contributed by atoms with E-state index in [1.165, 1.54) is 0 Å². The Kier molecular flexibility index (Phi) is 7.07. The minimum atomic E-state index is 0. The average molecular weight is 331 g/mol. The third-order valence-electron chi connectivity index (χ3n) is 2.79. The number of hydrogen-bond donors (Lipinski definition) is 0. The molecule has 6 heteroatoms. The minimum absolute atomic E-state index is 0. The number of ether oxygens (including phenoxy) is 1. The van der Waals surface area contributed by atoms with Crippen LogP contribution in [-0.4, -0.2) is 36.6 Å². The number of halogens is 4. The predicted molar refractivity (Wildman–Crippen MR) is 79.4 cm³/mol. The first-order valence-corrected chi connectivity index (χ1v) is 6.82. The van der Waals surface area contributed by atoms with Crippen LogP contribution in [-0.2, 0) is 11.3 Å². The van der Waals surface area contributed by atoms with Gasteiger partial charge in [-0.1, -0.05) is 29.3 Å². The van der Waals surface area contributed by atoms with E-state index in [0.717, 1.165) is 31.8 Å². The molecule has 102 valence electrons. The third-order valence-corrected chi connectivity index (χ3v) is 3.87. The molecule has 1 aromatic rings. The molecule has 0 aliphatic carbocycles. The Labute approximate surface area is 129 Å². The van der Waals surface area contributed by atoms with Crippen LogP contribution >= 0.6 is 47.2 Å². The number of rotatable bonds is 3. The molecule has 1 fully saturated rings. The number of benzene rings is 1. The molecule has 0 radical (unpaired) electrons. The van der Waals surface area contributed by atoms with Gasteiger partial charge in [0, 0.05) is 25.5 Å². The Balaban J connectivity index is 0.00000162. The second-order valence-electron chi connectivity index (χ2n) is 4.13. The molecule has 1 aliphatic heterocycles. The molecule has 1 aromatic carbocycles. The van der Waals surface area contributed by atoms with Gasteiger partial charge in [0.15, 0.2) is 0 Å². The van der Waals surface area contributed by atoms with Crippen molar-refractivity contribution in [3.8, 4) is 0 Å². The molecular formula is C12H15Cl4NO. The highest BCUT2D eigenvalue weighted by atomic mass is 35.5. The van der Waals surface area contributed by atoms with E-state index in [4.69, 9.17) is 39.5 Å². The zero-order valence-electron chi connectivity index (χ0n) is 9.74. The van der Waals surface area contributed by atoms with Gasteiger partial charge in [-0.05, 0) is 17.7 Å². The van der Waals surface area contributed by atoms with Crippen molar-refractivity contribution in [3.63, 3.8) is 0 Å². The van der Waals surface area contributed by atoms with E-state index in [9.17, 15) is 0 Å². The first-order chi connectivity index (χ1) is 8.19. The highest BCUT2D eigenvalue weighted by Gasteiger charge is 2.19. The fourth-order valence-corrected chi connectivity index (χ4v) is 2.42. The second-order valence-corrected chi connectivity index (χ2v) is 5.25. The van der Waals surface area contributed by atoms with Crippen LogP contribution in [0.2, 0.25) is 10.0 Å². The van der Waals surface area contributed by atoms with Gasteiger partial charge in [0.1, 0.15) is 0 Å². The molecule has 2 rings (SSSR count). The van der Waals surface area contributed by atoms with E-state index in [1.54, 1.807) is 0 Å². The van der Waals surface area contributed by atoms with Gasteiger partial charge in [0.25, 0.3) is 0 Å². The van der Waals surface area contributed by atoms with E-state index >= 15 is 0 Å². The highest BCUT2D eigenvalue weighted by Crippen LogP contribution is 2.23. The number of nitrogens with zero attached hydrogens (tertiary/aromatic N) is 1. The van der Waals surface area contributed by atoms with Crippen molar-refractivity contribution < 1.29 is 4.74 Å². The Morgan fingerprint density at radius 2 is 2.06 bits per heavy atom. The maximum atomic E-state index is 5.99. The molecule has 0 aromatic heterocycles. The number of hydrogen-bond acceptors (Lipinski definition) is 2. The molecule has 0 N–H and O–H groups in total. The van der Waals surface area contributed by atoms with Gasteiger partial charge in [0.05, 0.1) is 22.8 Å². The number of morpholine rings is 1. The summed E-state index contributed by atoms with van der Waals surface area (Å²) in [7, 11) is 0. The van der Waals surface area contributed by atoms with Crippen molar-refractivity contribution in [3.05, 3.63) is 33.8 Å². The molecule has 0 unspecified atom stereocenters. The summed E-state index contributed by atoms with van der Waals surface area (Å²) in [6.45, 7) is 3.38. The highest BCUT2D eigenvalue weighted by molar-refractivity contribution is 6.42. The fraction of sp³-hybridized carbons (Fsp3) is 0.500. The summed E-state index contributed by atoms with van der Waals surface area (Å²) in [5, 5.41) is 1.20. The lowest BCUT2D eigenvalue weighted by Gasteiger charge is -2.32. The van der Waals surface area contributed by atoms with Crippen LogP contribution in [0.5, 0.6) is 0 Å². The van der Waals surface area contributed by atoms with Gasteiger partial charge in [-0.2, -0.15) is 0 Å². The van der Waals surface area contributed by atoms with E-state index < -0.39 is 0 Å². The lowest BCUT2D eigenvalue weighted by atomic mass is 10.2. The average Bonchev–Trinajstić information content (AvgIpc) is 2.34. The summed E-state index contributed by atoms with van der Waals surface area (Å²) >= 11 is 17.7. The zero-order valence-corrected chi connectivity index (χ0v) is 12.8. The molecule has 1 atom stereocenters. The van der Waals surface area contributed by atoms with Gasteiger partial charge in [-0.15, -0.1) is 24.0 Å². The molecule has 0 amide bonds. The topological polar surface area (TPSA) is 12.5 Å². The van der Waals surface area contributed by atoms with E-state index in [1.807, 2.05) is 18.2 Å². The molecule has 2 nitrogen and oxygen atoms in total. The van der Waals surface area contributed by atoms with Crippen LogP contribution in [0.25, 0.3) is 0 Å². The Morgan fingerprint density at radius 3 is 2.72 bits per heavy atom. The largest absolute Gasteiger partial charge is 0.374 e. The maximum Gasteiger partial charge on any atom is 0.0837 e. The van der Waals surface area contributed by atoms with Gasteiger partial charge >= 0.3 is 0 Å².